The Kier molecular flexibility index (Phi) is 3.43. The monoisotopic (exact) mass is 216 g/mol. The zero-order valence-electron chi connectivity index (χ0n) is 9.44. The lowest BCUT2D eigenvalue weighted by Crippen LogP contribution is -2.15. The number of nitriles is 1. The second-order valence-electron chi connectivity index (χ2n) is 4.13. The summed E-state index contributed by atoms with van der Waals surface area (Å²) in [4.78, 5) is 0. The first-order chi connectivity index (χ1) is 7.85. The number of rotatable bonds is 3. The fourth-order valence-electron chi connectivity index (χ4n) is 2.22. The Balaban J connectivity index is 2.16. The molecule has 16 heavy (non-hydrogen) atoms. The molecule has 3 heteroatoms. The van der Waals surface area contributed by atoms with Crippen molar-refractivity contribution in [1.29, 1.82) is 5.26 Å². The highest BCUT2D eigenvalue weighted by molar-refractivity contribution is 5.32. The zero-order valence-corrected chi connectivity index (χ0v) is 9.44. The van der Waals surface area contributed by atoms with Gasteiger partial charge in [-0.25, -0.2) is 0 Å². The first-order valence-electron chi connectivity index (χ1n) is 5.59. The Morgan fingerprint density at radius 2 is 2.19 bits per heavy atom. The minimum Gasteiger partial charge on any atom is -0.497 e. The summed E-state index contributed by atoms with van der Waals surface area (Å²) in [7, 11) is 1.65. The van der Waals surface area contributed by atoms with E-state index in [9.17, 15) is 5.26 Å². The molecule has 1 saturated heterocycles. The van der Waals surface area contributed by atoms with Gasteiger partial charge >= 0.3 is 0 Å². The molecule has 0 bridgehead atoms. The van der Waals surface area contributed by atoms with Crippen LogP contribution in [-0.2, 0) is 0 Å². The van der Waals surface area contributed by atoms with E-state index < -0.39 is 0 Å². The molecule has 1 aromatic carbocycles. The molecule has 0 aromatic heterocycles. The maximum Gasteiger partial charge on any atom is 0.118 e. The summed E-state index contributed by atoms with van der Waals surface area (Å²) in [6.45, 7) is 1.98. The smallest absolute Gasteiger partial charge is 0.118 e. The van der Waals surface area contributed by atoms with Gasteiger partial charge in [0.15, 0.2) is 0 Å². The Labute approximate surface area is 96.0 Å². The predicted octanol–water partition coefficient (Wildman–Crippen LogP) is 1.91. The fraction of sp³-hybridized carbons (Fsp3) is 0.462. The van der Waals surface area contributed by atoms with Gasteiger partial charge in [-0.2, -0.15) is 5.26 Å². The molecule has 3 nitrogen and oxygen atoms in total. The van der Waals surface area contributed by atoms with E-state index in [-0.39, 0.29) is 5.92 Å². The summed E-state index contributed by atoms with van der Waals surface area (Å²) in [6.07, 6.45) is 1.09. The van der Waals surface area contributed by atoms with Gasteiger partial charge in [0.2, 0.25) is 0 Å². The highest BCUT2D eigenvalue weighted by Crippen LogP contribution is 2.29. The van der Waals surface area contributed by atoms with Crippen molar-refractivity contribution in [2.24, 2.45) is 5.92 Å². The Bertz CT molecular complexity index is 374. The average molecular weight is 216 g/mol. The van der Waals surface area contributed by atoms with Crippen molar-refractivity contribution in [3.8, 4) is 11.8 Å². The molecule has 0 saturated carbocycles. The molecule has 0 amide bonds. The minimum atomic E-state index is 0.000839. The van der Waals surface area contributed by atoms with E-state index in [1.54, 1.807) is 7.11 Å². The highest BCUT2D eigenvalue weighted by Gasteiger charge is 2.25. The van der Waals surface area contributed by atoms with Crippen LogP contribution in [0.1, 0.15) is 17.9 Å². The summed E-state index contributed by atoms with van der Waals surface area (Å²) < 4.78 is 5.11. The van der Waals surface area contributed by atoms with Gasteiger partial charge in [0.25, 0.3) is 0 Å². The zero-order chi connectivity index (χ0) is 11.4. The van der Waals surface area contributed by atoms with Crippen molar-refractivity contribution in [1.82, 2.24) is 5.32 Å². The Hall–Kier alpha value is -1.53. The topological polar surface area (TPSA) is 45.0 Å². The molecule has 0 aliphatic carbocycles. The van der Waals surface area contributed by atoms with E-state index in [0.29, 0.717) is 5.92 Å². The lowest BCUT2D eigenvalue weighted by atomic mass is 9.86. The first kappa shape index (κ1) is 11.0. The van der Waals surface area contributed by atoms with Crippen molar-refractivity contribution < 1.29 is 4.74 Å². The van der Waals surface area contributed by atoms with Crippen LogP contribution in [0.25, 0.3) is 0 Å². The molecule has 1 heterocycles. The van der Waals surface area contributed by atoms with Crippen molar-refractivity contribution in [2.75, 3.05) is 20.2 Å². The number of methoxy groups -OCH3 is 1. The van der Waals surface area contributed by atoms with Crippen LogP contribution in [0, 0.1) is 17.2 Å². The van der Waals surface area contributed by atoms with Crippen LogP contribution in [0.5, 0.6) is 5.75 Å². The van der Waals surface area contributed by atoms with Crippen LogP contribution >= 0.6 is 0 Å². The normalized spacial score (nSPS) is 21.4. The molecule has 0 spiro atoms. The molecule has 2 atom stereocenters. The molecule has 1 fully saturated rings. The van der Waals surface area contributed by atoms with E-state index in [4.69, 9.17) is 4.74 Å². The number of hydrogen-bond donors (Lipinski definition) is 1. The second kappa shape index (κ2) is 5.00. The first-order valence-corrected chi connectivity index (χ1v) is 5.59. The van der Waals surface area contributed by atoms with Crippen LogP contribution in [0.4, 0.5) is 0 Å². The summed E-state index contributed by atoms with van der Waals surface area (Å²) in [6, 6.07) is 10.2. The maximum atomic E-state index is 9.26. The van der Waals surface area contributed by atoms with Crippen molar-refractivity contribution in [2.45, 2.75) is 12.3 Å². The third-order valence-electron chi connectivity index (χ3n) is 3.18. The minimum absolute atomic E-state index is 0.000839. The Morgan fingerprint density at radius 1 is 1.44 bits per heavy atom. The van der Waals surface area contributed by atoms with Gasteiger partial charge < -0.3 is 10.1 Å². The van der Waals surface area contributed by atoms with Crippen molar-refractivity contribution in [3.05, 3.63) is 29.8 Å². The molecule has 0 radical (unpaired) electrons. The lowest BCUT2D eigenvalue weighted by Gasteiger charge is -2.16. The number of benzene rings is 1. The van der Waals surface area contributed by atoms with Crippen molar-refractivity contribution in [3.63, 3.8) is 0 Å². The van der Waals surface area contributed by atoms with E-state index in [1.165, 1.54) is 0 Å². The van der Waals surface area contributed by atoms with Crippen LogP contribution in [0.3, 0.4) is 0 Å². The third-order valence-corrected chi connectivity index (χ3v) is 3.18. The molecule has 1 aromatic rings. The summed E-state index contributed by atoms with van der Waals surface area (Å²) in [5.74, 6) is 1.28. The third kappa shape index (κ3) is 2.17. The van der Waals surface area contributed by atoms with Gasteiger partial charge in [0.05, 0.1) is 19.1 Å². The van der Waals surface area contributed by atoms with Gasteiger partial charge in [-0.05, 0) is 43.1 Å². The van der Waals surface area contributed by atoms with Crippen LogP contribution in [-0.4, -0.2) is 20.2 Å². The molecule has 2 rings (SSSR count). The molecule has 1 aliphatic heterocycles. The highest BCUT2D eigenvalue weighted by atomic mass is 16.5. The lowest BCUT2D eigenvalue weighted by molar-refractivity contribution is 0.414. The van der Waals surface area contributed by atoms with Crippen LogP contribution < -0.4 is 10.1 Å². The summed E-state index contributed by atoms with van der Waals surface area (Å²) in [5, 5.41) is 12.6. The largest absolute Gasteiger partial charge is 0.497 e. The fourth-order valence-corrected chi connectivity index (χ4v) is 2.22. The number of hydrogen-bond acceptors (Lipinski definition) is 3. The molecule has 2 unspecified atom stereocenters. The maximum absolute atomic E-state index is 9.26. The SMILES string of the molecule is COc1ccc(C(C#N)C2CCNC2)cc1. The predicted molar refractivity (Wildman–Crippen MR) is 62.3 cm³/mol. The van der Waals surface area contributed by atoms with Gasteiger partial charge in [-0.15, -0.1) is 0 Å². The number of nitrogens with zero attached hydrogens (tertiary/aromatic N) is 1. The number of nitrogens with one attached hydrogen (secondary N) is 1. The standard InChI is InChI=1S/C13H16N2O/c1-16-12-4-2-10(3-5-12)13(8-14)11-6-7-15-9-11/h2-5,11,13,15H,6-7,9H2,1H3. The molecule has 84 valence electrons. The summed E-state index contributed by atoms with van der Waals surface area (Å²) >= 11 is 0. The van der Waals surface area contributed by atoms with Gasteiger partial charge in [-0.3, -0.25) is 0 Å². The van der Waals surface area contributed by atoms with Crippen LogP contribution in [0.2, 0.25) is 0 Å². The Morgan fingerprint density at radius 3 is 2.69 bits per heavy atom. The molecule has 1 N–H and O–H groups in total. The molecular formula is C13H16N2O. The van der Waals surface area contributed by atoms with E-state index in [2.05, 4.69) is 11.4 Å². The van der Waals surface area contributed by atoms with Gasteiger partial charge in [-0.1, -0.05) is 12.1 Å². The van der Waals surface area contributed by atoms with Gasteiger partial charge in [0.1, 0.15) is 5.75 Å². The van der Waals surface area contributed by atoms with Crippen LogP contribution in [0.15, 0.2) is 24.3 Å². The quantitative estimate of drug-likeness (QED) is 0.839. The van der Waals surface area contributed by atoms with Crippen molar-refractivity contribution >= 4 is 0 Å². The van der Waals surface area contributed by atoms with E-state index in [1.807, 2.05) is 24.3 Å². The average Bonchev–Trinajstić information content (AvgIpc) is 2.85. The van der Waals surface area contributed by atoms with E-state index >= 15 is 0 Å². The van der Waals surface area contributed by atoms with E-state index in [0.717, 1.165) is 30.8 Å². The van der Waals surface area contributed by atoms with Gasteiger partial charge in [0, 0.05) is 0 Å². The molecule has 1 aliphatic rings. The second-order valence-corrected chi connectivity index (χ2v) is 4.13. The summed E-state index contributed by atoms with van der Waals surface area (Å²) in [5.41, 5.74) is 1.09. The molecular weight excluding hydrogens is 200 g/mol. The number of ether oxygens (including phenoxy) is 1.